The van der Waals surface area contributed by atoms with Gasteiger partial charge in [0.15, 0.2) is 11.5 Å². The third kappa shape index (κ3) is 6.22. The van der Waals surface area contributed by atoms with Crippen molar-refractivity contribution < 1.29 is 19.0 Å². The number of amides is 1. The van der Waals surface area contributed by atoms with Crippen LogP contribution in [0.15, 0.2) is 41.3 Å². The number of carbonyl (C=O) groups is 1. The van der Waals surface area contributed by atoms with Gasteiger partial charge < -0.3 is 14.2 Å². The van der Waals surface area contributed by atoms with E-state index in [1.54, 1.807) is 4.90 Å². The lowest BCUT2D eigenvalue weighted by Crippen LogP contribution is -2.35. The van der Waals surface area contributed by atoms with E-state index in [0.29, 0.717) is 45.5 Å². The quantitative estimate of drug-likeness (QED) is 0.197. The van der Waals surface area contributed by atoms with Gasteiger partial charge in [0.1, 0.15) is 10.9 Å². The lowest BCUT2D eigenvalue weighted by Gasteiger charge is -2.18. The summed E-state index contributed by atoms with van der Waals surface area (Å²) in [5, 5.41) is 0.689. The number of halogens is 2. The summed E-state index contributed by atoms with van der Waals surface area (Å²) in [6, 6.07) is 11.4. The zero-order valence-corrected chi connectivity index (χ0v) is 22.6. The van der Waals surface area contributed by atoms with E-state index in [4.69, 9.17) is 38.0 Å². The molecule has 1 atom stereocenters. The Morgan fingerprint density at radius 3 is 2.79 bits per heavy atom. The summed E-state index contributed by atoms with van der Waals surface area (Å²) >= 11 is 15.0. The Morgan fingerprint density at radius 1 is 1.30 bits per heavy atom. The molecule has 2 aliphatic rings. The smallest absolute Gasteiger partial charge is 0.266 e. The van der Waals surface area contributed by atoms with Crippen LogP contribution < -0.4 is 9.47 Å². The first-order valence-electron chi connectivity index (χ1n) is 10.6. The van der Waals surface area contributed by atoms with Crippen molar-refractivity contribution in [3.05, 3.63) is 61.0 Å². The molecule has 5 nitrogen and oxygen atoms in total. The van der Waals surface area contributed by atoms with Crippen LogP contribution in [-0.2, 0) is 16.1 Å². The van der Waals surface area contributed by atoms with Crippen molar-refractivity contribution in [2.45, 2.75) is 32.5 Å². The second-order valence-electron chi connectivity index (χ2n) is 7.61. The molecule has 0 aliphatic carbocycles. The molecule has 0 aromatic heterocycles. The predicted molar refractivity (Wildman–Crippen MR) is 145 cm³/mol. The first-order chi connectivity index (χ1) is 15.9. The Bertz CT molecular complexity index is 1070. The van der Waals surface area contributed by atoms with Gasteiger partial charge in [-0.3, -0.25) is 9.69 Å². The highest BCUT2D eigenvalue weighted by atomic mass is 127. The average molecular weight is 616 g/mol. The summed E-state index contributed by atoms with van der Waals surface area (Å²) < 4.78 is 19.1. The van der Waals surface area contributed by atoms with Crippen molar-refractivity contribution in [3.63, 3.8) is 0 Å². The van der Waals surface area contributed by atoms with Gasteiger partial charge in [0.05, 0.1) is 27.7 Å². The highest BCUT2D eigenvalue weighted by molar-refractivity contribution is 14.1. The first kappa shape index (κ1) is 24.8. The fourth-order valence-electron chi connectivity index (χ4n) is 3.61. The molecule has 0 bridgehead atoms. The Kier molecular flexibility index (Phi) is 8.56. The fraction of sp³-hybridized carbons (Fsp3) is 0.333. The minimum atomic E-state index is -0.0727. The van der Waals surface area contributed by atoms with Gasteiger partial charge in [0.25, 0.3) is 5.91 Å². The Hall–Kier alpha value is -1.33. The van der Waals surface area contributed by atoms with Crippen LogP contribution in [0.25, 0.3) is 6.08 Å². The number of hydrogen-bond acceptors (Lipinski definition) is 6. The van der Waals surface area contributed by atoms with Crippen LogP contribution in [0.4, 0.5) is 0 Å². The summed E-state index contributed by atoms with van der Waals surface area (Å²) in [6.07, 6.45) is 3.92. The van der Waals surface area contributed by atoms with Gasteiger partial charge in [0.2, 0.25) is 0 Å². The van der Waals surface area contributed by atoms with Crippen molar-refractivity contribution in [2.75, 3.05) is 19.8 Å². The number of hydrogen-bond donors (Lipinski definition) is 0. The number of rotatable bonds is 8. The van der Waals surface area contributed by atoms with Gasteiger partial charge in [-0.05, 0) is 83.8 Å². The third-order valence-corrected chi connectivity index (χ3v) is 7.64. The second kappa shape index (κ2) is 11.4. The molecule has 9 heteroatoms. The SMILES string of the molecule is CCOc1cc(/C=C2\SC(=S)N(C[C@H]3CCCO3)C2=O)cc(I)c1OCc1ccc(Cl)cc1. The van der Waals surface area contributed by atoms with Crippen LogP contribution in [-0.4, -0.2) is 41.0 Å². The van der Waals surface area contributed by atoms with Crippen LogP contribution >= 0.6 is 58.2 Å². The lowest BCUT2D eigenvalue weighted by atomic mass is 10.1. The molecule has 0 saturated carbocycles. The molecule has 0 spiro atoms. The van der Waals surface area contributed by atoms with Gasteiger partial charge in [-0.15, -0.1) is 0 Å². The highest BCUT2D eigenvalue weighted by Crippen LogP contribution is 2.38. The molecule has 4 rings (SSSR count). The number of thioether (sulfide) groups is 1. The molecular weight excluding hydrogens is 593 g/mol. The minimum Gasteiger partial charge on any atom is -0.490 e. The number of benzene rings is 2. The van der Waals surface area contributed by atoms with Crippen molar-refractivity contribution in [2.24, 2.45) is 0 Å². The Labute approximate surface area is 221 Å². The van der Waals surface area contributed by atoms with Crippen LogP contribution in [0.3, 0.4) is 0 Å². The predicted octanol–water partition coefficient (Wildman–Crippen LogP) is 6.30. The van der Waals surface area contributed by atoms with Crippen molar-refractivity contribution in [1.82, 2.24) is 4.90 Å². The van der Waals surface area contributed by atoms with E-state index >= 15 is 0 Å². The normalized spacial score (nSPS) is 19.5. The summed E-state index contributed by atoms with van der Waals surface area (Å²) in [5.74, 6) is 1.24. The molecular formula is C24H23ClINO4S2. The minimum absolute atomic E-state index is 0.0643. The maximum Gasteiger partial charge on any atom is 0.266 e. The van der Waals surface area contributed by atoms with Gasteiger partial charge in [-0.2, -0.15) is 0 Å². The average Bonchev–Trinajstić information content (AvgIpc) is 3.39. The van der Waals surface area contributed by atoms with Crippen LogP contribution in [0.1, 0.15) is 30.9 Å². The zero-order valence-electron chi connectivity index (χ0n) is 18.0. The van der Waals surface area contributed by atoms with Crippen LogP contribution in [0.2, 0.25) is 5.02 Å². The number of ether oxygens (including phenoxy) is 3. The maximum atomic E-state index is 13.0. The fourth-order valence-corrected chi connectivity index (χ4v) is 5.79. The Morgan fingerprint density at radius 2 is 2.09 bits per heavy atom. The van der Waals surface area contributed by atoms with E-state index in [-0.39, 0.29) is 12.0 Å². The molecule has 2 aliphatic heterocycles. The standard InChI is InChI=1S/C24H23ClINO4S2/c1-2-29-20-11-16(10-19(26)22(20)31-14-15-5-7-17(25)8-6-15)12-21-23(28)27(24(32)33-21)13-18-4-3-9-30-18/h5-8,10-12,18H,2-4,9,13-14H2,1H3/b21-12-/t18-/m1/s1. The van der Waals surface area contributed by atoms with E-state index in [2.05, 4.69) is 22.6 Å². The van der Waals surface area contributed by atoms with Crippen molar-refractivity contribution in [1.29, 1.82) is 0 Å². The van der Waals surface area contributed by atoms with Crippen molar-refractivity contribution in [3.8, 4) is 11.5 Å². The van der Waals surface area contributed by atoms with Crippen LogP contribution in [0, 0.1) is 3.57 Å². The molecule has 0 unspecified atom stereocenters. The van der Waals surface area contributed by atoms with Crippen molar-refractivity contribution >= 4 is 74.5 Å². The molecule has 2 saturated heterocycles. The summed E-state index contributed by atoms with van der Waals surface area (Å²) in [4.78, 5) is 15.2. The molecule has 2 aromatic carbocycles. The molecule has 0 radical (unpaired) electrons. The molecule has 2 heterocycles. The van der Waals surface area contributed by atoms with E-state index in [1.165, 1.54) is 11.8 Å². The monoisotopic (exact) mass is 615 g/mol. The maximum absolute atomic E-state index is 13.0. The third-order valence-electron chi connectivity index (χ3n) is 5.21. The van der Waals surface area contributed by atoms with E-state index in [1.807, 2.05) is 49.4 Å². The largest absolute Gasteiger partial charge is 0.490 e. The van der Waals surface area contributed by atoms with Gasteiger partial charge >= 0.3 is 0 Å². The summed E-state index contributed by atoms with van der Waals surface area (Å²) in [6.45, 7) is 4.09. The number of nitrogens with zero attached hydrogens (tertiary/aromatic N) is 1. The molecule has 174 valence electrons. The van der Waals surface area contributed by atoms with E-state index < -0.39 is 0 Å². The van der Waals surface area contributed by atoms with Crippen LogP contribution in [0.5, 0.6) is 11.5 Å². The number of carbonyl (C=O) groups excluding carboxylic acids is 1. The number of thiocarbonyl (C=S) groups is 1. The zero-order chi connectivity index (χ0) is 23.4. The topological polar surface area (TPSA) is 48.0 Å². The lowest BCUT2D eigenvalue weighted by molar-refractivity contribution is -0.123. The summed E-state index contributed by atoms with van der Waals surface area (Å²) in [7, 11) is 0. The molecule has 2 aromatic rings. The Balaban J connectivity index is 1.52. The molecule has 33 heavy (non-hydrogen) atoms. The summed E-state index contributed by atoms with van der Waals surface area (Å²) in [5.41, 5.74) is 1.87. The van der Waals surface area contributed by atoms with Gasteiger partial charge in [-0.1, -0.05) is 47.7 Å². The van der Waals surface area contributed by atoms with Gasteiger partial charge in [-0.25, -0.2) is 0 Å². The molecule has 2 fully saturated rings. The second-order valence-corrected chi connectivity index (χ2v) is 10.9. The molecule has 1 amide bonds. The molecule has 0 N–H and O–H groups in total. The van der Waals surface area contributed by atoms with E-state index in [0.717, 1.165) is 34.1 Å². The highest BCUT2D eigenvalue weighted by Gasteiger charge is 2.34. The van der Waals surface area contributed by atoms with E-state index in [9.17, 15) is 4.79 Å². The van der Waals surface area contributed by atoms with Gasteiger partial charge in [0, 0.05) is 11.6 Å². The first-order valence-corrected chi connectivity index (χ1v) is 13.3.